The molecule has 0 aliphatic heterocycles. The van der Waals surface area contributed by atoms with Gasteiger partial charge in [0.25, 0.3) is 0 Å². The van der Waals surface area contributed by atoms with Crippen LogP contribution in [-0.2, 0) is 20.1 Å². The first-order chi connectivity index (χ1) is 9.12. The van der Waals surface area contributed by atoms with Crippen molar-refractivity contribution in [2.24, 2.45) is 7.05 Å². The maximum absolute atomic E-state index is 9.36. The molecule has 1 heterocycles. The van der Waals surface area contributed by atoms with Crippen molar-refractivity contribution < 1.29 is 9.84 Å². The maximum Gasteiger partial charge on any atom is 0.145 e. The third-order valence-electron chi connectivity index (χ3n) is 3.23. The zero-order chi connectivity index (χ0) is 14.0. The van der Waals surface area contributed by atoms with Crippen molar-refractivity contribution in [3.05, 3.63) is 34.1 Å². The van der Waals surface area contributed by atoms with Crippen LogP contribution in [0.25, 0.3) is 11.4 Å². The number of hydrogen-bond acceptors (Lipinski definition) is 3. The van der Waals surface area contributed by atoms with Gasteiger partial charge in [0, 0.05) is 7.05 Å². The summed E-state index contributed by atoms with van der Waals surface area (Å²) in [6.45, 7) is 2.05. The molecule has 0 atom stereocenters. The zero-order valence-corrected chi connectivity index (χ0v) is 12.9. The first-order valence-corrected chi connectivity index (χ1v) is 6.90. The van der Waals surface area contributed by atoms with Gasteiger partial charge in [-0.3, -0.25) is 0 Å². The number of aromatic nitrogens is 2. The number of aryl methyl sites for hydroxylation is 1. The van der Waals surface area contributed by atoms with E-state index in [-0.39, 0.29) is 6.61 Å². The monoisotopic (exact) mass is 324 g/mol. The van der Waals surface area contributed by atoms with E-state index in [1.54, 1.807) is 7.11 Å². The third kappa shape index (κ3) is 2.53. The molecule has 1 N–H and O–H groups in total. The predicted molar refractivity (Wildman–Crippen MR) is 78.2 cm³/mol. The molecule has 0 spiro atoms. The van der Waals surface area contributed by atoms with E-state index >= 15 is 0 Å². The van der Waals surface area contributed by atoms with Crippen LogP contribution in [0.4, 0.5) is 0 Å². The zero-order valence-electron chi connectivity index (χ0n) is 11.3. The summed E-state index contributed by atoms with van der Waals surface area (Å²) < 4.78 is 7.95. The molecule has 0 amide bonds. The van der Waals surface area contributed by atoms with E-state index in [2.05, 4.69) is 33.9 Å². The average Bonchev–Trinajstić information content (AvgIpc) is 2.72. The lowest BCUT2D eigenvalue weighted by Gasteiger charge is -2.10. The van der Waals surface area contributed by atoms with Crippen LogP contribution < -0.4 is 4.74 Å². The first kappa shape index (κ1) is 14.1. The fourth-order valence-electron chi connectivity index (χ4n) is 2.06. The summed E-state index contributed by atoms with van der Waals surface area (Å²) in [5, 5.41) is 9.36. The van der Waals surface area contributed by atoms with E-state index < -0.39 is 0 Å². The molecule has 19 heavy (non-hydrogen) atoms. The summed E-state index contributed by atoms with van der Waals surface area (Å²) >= 11 is 3.37. The van der Waals surface area contributed by atoms with Crippen LogP contribution in [0.5, 0.6) is 5.75 Å². The molecular formula is C14H17BrN2O2. The van der Waals surface area contributed by atoms with Gasteiger partial charge >= 0.3 is 0 Å². The molecule has 2 rings (SSSR count). The Morgan fingerprint density at radius 3 is 2.68 bits per heavy atom. The highest BCUT2D eigenvalue weighted by Crippen LogP contribution is 2.32. The maximum atomic E-state index is 9.36. The quantitative estimate of drug-likeness (QED) is 0.940. The number of nitrogens with zero attached hydrogens (tertiary/aromatic N) is 2. The topological polar surface area (TPSA) is 47.3 Å². The molecule has 2 aromatic rings. The standard InChI is InChI=1S/C14H17BrN2O2/c1-4-9-5-6-12(19-3)10(7-9)14-16-13(15)11(8-18)17(14)2/h5-7,18H,4,8H2,1-3H3. The second-order valence-electron chi connectivity index (χ2n) is 4.28. The Balaban J connectivity index is 2.63. The van der Waals surface area contributed by atoms with Gasteiger partial charge in [0.1, 0.15) is 16.2 Å². The van der Waals surface area contributed by atoms with Crippen LogP contribution in [0.2, 0.25) is 0 Å². The summed E-state index contributed by atoms with van der Waals surface area (Å²) in [4.78, 5) is 4.47. The largest absolute Gasteiger partial charge is 0.496 e. The summed E-state index contributed by atoms with van der Waals surface area (Å²) in [7, 11) is 3.53. The van der Waals surface area contributed by atoms with Crippen molar-refractivity contribution in [3.63, 3.8) is 0 Å². The lowest BCUT2D eigenvalue weighted by atomic mass is 10.1. The summed E-state index contributed by atoms with van der Waals surface area (Å²) in [6.07, 6.45) is 0.954. The molecule has 0 unspecified atom stereocenters. The molecule has 0 radical (unpaired) electrons. The molecule has 0 aliphatic rings. The van der Waals surface area contributed by atoms with Crippen molar-refractivity contribution in [1.82, 2.24) is 9.55 Å². The number of imidazole rings is 1. The number of aliphatic hydroxyl groups is 1. The van der Waals surface area contributed by atoms with Crippen molar-refractivity contribution >= 4 is 15.9 Å². The van der Waals surface area contributed by atoms with Crippen molar-refractivity contribution in [1.29, 1.82) is 0 Å². The SMILES string of the molecule is CCc1ccc(OC)c(-c2nc(Br)c(CO)n2C)c1. The Labute approximate surface area is 121 Å². The number of benzene rings is 1. The van der Waals surface area contributed by atoms with Crippen molar-refractivity contribution in [3.8, 4) is 17.1 Å². The number of hydrogen-bond donors (Lipinski definition) is 1. The van der Waals surface area contributed by atoms with E-state index in [4.69, 9.17) is 4.74 Å². The van der Waals surface area contributed by atoms with Crippen LogP contribution in [0.3, 0.4) is 0 Å². The summed E-state index contributed by atoms with van der Waals surface area (Å²) in [5.74, 6) is 1.56. The number of rotatable bonds is 4. The van der Waals surface area contributed by atoms with Gasteiger partial charge in [0.2, 0.25) is 0 Å². The number of aliphatic hydroxyl groups excluding tert-OH is 1. The van der Waals surface area contributed by atoms with E-state index in [0.29, 0.717) is 4.60 Å². The number of halogens is 1. The Kier molecular flexibility index (Phi) is 4.27. The van der Waals surface area contributed by atoms with E-state index in [1.807, 2.05) is 23.7 Å². The van der Waals surface area contributed by atoms with Gasteiger partial charge in [-0.2, -0.15) is 0 Å². The highest BCUT2D eigenvalue weighted by molar-refractivity contribution is 9.10. The minimum absolute atomic E-state index is 0.0557. The second kappa shape index (κ2) is 5.75. The minimum Gasteiger partial charge on any atom is -0.496 e. The molecule has 102 valence electrons. The van der Waals surface area contributed by atoms with Crippen LogP contribution >= 0.6 is 15.9 Å². The molecule has 4 nitrogen and oxygen atoms in total. The lowest BCUT2D eigenvalue weighted by molar-refractivity contribution is 0.272. The molecule has 0 saturated heterocycles. The summed E-state index contributed by atoms with van der Waals surface area (Å²) in [5.41, 5.74) is 2.91. The predicted octanol–water partition coefficient (Wildman–Crippen LogP) is 2.91. The first-order valence-electron chi connectivity index (χ1n) is 6.11. The molecule has 0 saturated carbocycles. The van der Waals surface area contributed by atoms with Crippen LogP contribution in [0, 0.1) is 0 Å². The number of methoxy groups -OCH3 is 1. The molecule has 1 aromatic carbocycles. The molecule has 0 fully saturated rings. The fourth-order valence-corrected chi connectivity index (χ4v) is 2.62. The van der Waals surface area contributed by atoms with Gasteiger partial charge in [-0.25, -0.2) is 4.98 Å². The van der Waals surface area contributed by atoms with Crippen molar-refractivity contribution in [2.75, 3.05) is 7.11 Å². The van der Waals surface area contributed by atoms with E-state index in [0.717, 1.165) is 29.3 Å². The van der Waals surface area contributed by atoms with E-state index in [9.17, 15) is 5.11 Å². The molecule has 1 aromatic heterocycles. The Bertz CT molecular complexity index is 593. The normalized spacial score (nSPS) is 10.8. The highest BCUT2D eigenvalue weighted by atomic mass is 79.9. The van der Waals surface area contributed by atoms with Gasteiger partial charge in [-0.1, -0.05) is 13.0 Å². The minimum atomic E-state index is -0.0557. The van der Waals surface area contributed by atoms with Gasteiger partial charge < -0.3 is 14.4 Å². The molecule has 5 heteroatoms. The Morgan fingerprint density at radius 2 is 2.16 bits per heavy atom. The van der Waals surface area contributed by atoms with Crippen LogP contribution in [0.15, 0.2) is 22.8 Å². The Morgan fingerprint density at radius 1 is 1.42 bits per heavy atom. The second-order valence-corrected chi connectivity index (χ2v) is 5.03. The van der Waals surface area contributed by atoms with Crippen LogP contribution in [-0.4, -0.2) is 21.8 Å². The summed E-state index contributed by atoms with van der Waals surface area (Å²) in [6, 6.07) is 6.08. The van der Waals surface area contributed by atoms with Crippen LogP contribution in [0.1, 0.15) is 18.2 Å². The molecular weight excluding hydrogens is 308 g/mol. The smallest absolute Gasteiger partial charge is 0.145 e. The highest BCUT2D eigenvalue weighted by Gasteiger charge is 2.17. The lowest BCUT2D eigenvalue weighted by Crippen LogP contribution is -2.00. The fraction of sp³-hybridized carbons (Fsp3) is 0.357. The van der Waals surface area contributed by atoms with Gasteiger partial charge in [0.05, 0.1) is 25.0 Å². The third-order valence-corrected chi connectivity index (χ3v) is 3.86. The van der Waals surface area contributed by atoms with E-state index in [1.165, 1.54) is 5.56 Å². The van der Waals surface area contributed by atoms with Crippen molar-refractivity contribution in [2.45, 2.75) is 20.0 Å². The average molecular weight is 325 g/mol. The molecule has 0 aliphatic carbocycles. The Hall–Kier alpha value is -1.33. The number of ether oxygens (including phenoxy) is 1. The van der Waals surface area contributed by atoms with Gasteiger partial charge in [-0.05, 0) is 40.0 Å². The van der Waals surface area contributed by atoms with Gasteiger partial charge in [0.15, 0.2) is 0 Å². The van der Waals surface area contributed by atoms with Gasteiger partial charge in [-0.15, -0.1) is 0 Å². The molecule has 0 bridgehead atoms.